The van der Waals surface area contributed by atoms with E-state index >= 15 is 0 Å². The van der Waals surface area contributed by atoms with Gasteiger partial charge in [-0.3, -0.25) is 4.79 Å². The monoisotopic (exact) mass is 329 g/mol. The van der Waals surface area contributed by atoms with Crippen LogP contribution in [0.25, 0.3) is 10.9 Å². The number of nitrogens with one attached hydrogen (secondary N) is 1. The molecule has 1 saturated carbocycles. The second-order valence-corrected chi connectivity index (χ2v) is 7.01. The van der Waals surface area contributed by atoms with Crippen LogP contribution >= 0.6 is 11.8 Å². The van der Waals surface area contributed by atoms with Crippen molar-refractivity contribution in [3.8, 4) is 0 Å². The Hall–Kier alpha value is -1.62. The molecule has 3 rings (SSSR count). The van der Waals surface area contributed by atoms with Crippen LogP contribution in [0.3, 0.4) is 0 Å². The SMILES string of the molecule is CCC(CC)NC(=O)CSc1nc(C2CC2)nc2ccccc12. The molecule has 5 heteroatoms. The third kappa shape index (κ3) is 4.02. The molecule has 4 nitrogen and oxygen atoms in total. The summed E-state index contributed by atoms with van der Waals surface area (Å²) in [5, 5.41) is 5.05. The van der Waals surface area contributed by atoms with E-state index in [-0.39, 0.29) is 11.9 Å². The van der Waals surface area contributed by atoms with Gasteiger partial charge in [0.05, 0.1) is 11.3 Å². The number of amides is 1. The summed E-state index contributed by atoms with van der Waals surface area (Å²) >= 11 is 1.52. The number of fused-ring (bicyclic) bond motifs is 1. The maximum atomic E-state index is 12.1. The Bertz CT molecular complexity index is 696. The minimum Gasteiger partial charge on any atom is -0.353 e. The van der Waals surface area contributed by atoms with Gasteiger partial charge in [-0.2, -0.15) is 0 Å². The van der Waals surface area contributed by atoms with Crippen molar-refractivity contribution >= 4 is 28.6 Å². The van der Waals surface area contributed by atoms with E-state index in [0.717, 1.165) is 34.6 Å². The summed E-state index contributed by atoms with van der Waals surface area (Å²) in [6, 6.07) is 8.33. The van der Waals surface area contributed by atoms with E-state index in [4.69, 9.17) is 4.98 Å². The number of benzene rings is 1. The maximum Gasteiger partial charge on any atom is 0.230 e. The molecular weight excluding hydrogens is 306 g/mol. The van der Waals surface area contributed by atoms with E-state index in [1.165, 1.54) is 24.6 Å². The van der Waals surface area contributed by atoms with Crippen LogP contribution in [0.2, 0.25) is 0 Å². The van der Waals surface area contributed by atoms with Gasteiger partial charge in [-0.15, -0.1) is 0 Å². The van der Waals surface area contributed by atoms with E-state index in [0.29, 0.717) is 11.7 Å². The van der Waals surface area contributed by atoms with Crippen molar-refractivity contribution in [1.82, 2.24) is 15.3 Å². The standard InChI is InChI=1S/C18H23N3OS/c1-3-13(4-2)19-16(22)11-23-18-14-7-5-6-8-15(14)20-17(21-18)12-9-10-12/h5-8,12-13H,3-4,9-11H2,1-2H3,(H,19,22). The lowest BCUT2D eigenvalue weighted by Crippen LogP contribution is -2.35. The fraction of sp³-hybridized carbons (Fsp3) is 0.500. The van der Waals surface area contributed by atoms with Crippen LogP contribution in [-0.2, 0) is 4.79 Å². The molecule has 122 valence electrons. The molecule has 1 N–H and O–H groups in total. The van der Waals surface area contributed by atoms with Gasteiger partial charge in [-0.25, -0.2) is 9.97 Å². The van der Waals surface area contributed by atoms with E-state index in [1.54, 1.807) is 0 Å². The Morgan fingerprint density at radius 1 is 1.26 bits per heavy atom. The van der Waals surface area contributed by atoms with Crippen molar-refractivity contribution in [2.75, 3.05) is 5.75 Å². The van der Waals surface area contributed by atoms with E-state index in [9.17, 15) is 4.79 Å². The molecule has 0 radical (unpaired) electrons. The first kappa shape index (κ1) is 16.2. The molecule has 1 aliphatic carbocycles. The zero-order valence-electron chi connectivity index (χ0n) is 13.7. The first-order valence-electron chi connectivity index (χ1n) is 8.40. The number of thioether (sulfide) groups is 1. The van der Waals surface area contributed by atoms with E-state index in [2.05, 4.69) is 24.1 Å². The number of carbonyl (C=O) groups is 1. The van der Waals surface area contributed by atoms with Crippen molar-refractivity contribution in [2.45, 2.75) is 56.5 Å². The van der Waals surface area contributed by atoms with Crippen LogP contribution in [-0.4, -0.2) is 27.7 Å². The molecular formula is C18H23N3OS. The van der Waals surface area contributed by atoms with Gasteiger partial charge in [0.25, 0.3) is 0 Å². The predicted octanol–water partition coefficient (Wildman–Crippen LogP) is 3.90. The predicted molar refractivity (Wildman–Crippen MR) is 94.7 cm³/mol. The molecule has 0 spiro atoms. The van der Waals surface area contributed by atoms with Crippen molar-refractivity contribution < 1.29 is 4.79 Å². The van der Waals surface area contributed by atoms with Crippen LogP contribution in [0.5, 0.6) is 0 Å². The second kappa shape index (κ2) is 7.30. The number of hydrogen-bond donors (Lipinski definition) is 1. The zero-order valence-corrected chi connectivity index (χ0v) is 14.5. The summed E-state index contributed by atoms with van der Waals surface area (Å²) in [4.78, 5) is 21.5. The summed E-state index contributed by atoms with van der Waals surface area (Å²) in [7, 11) is 0. The third-order valence-electron chi connectivity index (χ3n) is 4.22. The molecule has 0 saturated heterocycles. The zero-order chi connectivity index (χ0) is 16.2. The Kier molecular flexibility index (Phi) is 5.16. The molecule has 1 aromatic carbocycles. The number of para-hydroxylation sites is 1. The van der Waals surface area contributed by atoms with Crippen molar-refractivity contribution in [3.63, 3.8) is 0 Å². The van der Waals surface area contributed by atoms with Crippen LogP contribution in [0.15, 0.2) is 29.3 Å². The minimum atomic E-state index is 0.0827. The van der Waals surface area contributed by atoms with Crippen LogP contribution in [0.1, 0.15) is 51.3 Å². The Morgan fingerprint density at radius 2 is 2.00 bits per heavy atom. The van der Waals surface area contributed by atoms with Crippen molar-refractivity contribution in [3.05, 3.63) is 30.1 Å². The van der Waals surface area contributed by atoms with Gasteiger partial charge in [-0.05, 0) is 31.7 Å². The molecule has 0 bridgehead atoms. The molecule has 1 aromatic heterocycles. The molecule has 0 aliphatic heterocycles. The number of carbonyl (C=O) groups excluding carboxylic acids is 1. The first-order chi connectivity index (χ1) is 11.2. The quantitative estimate of drug-likeness (QED) is 0.618. The minimum absolute atomic E-state index is 0.0827. The maximum absolute atomic E-state index is 12.1. The highest BCUT2D eigenvalue weighted by Gasteiger charge is 2.27. The Morgan fingerprint density at radius 3 is 2.70 bits per heavy atom. The summed E-state index contributed by atoms with van der Waals surface area (Å²) in [5.74, 6) is 1.94. The van der Waals surface area contributed by atoms with Gasteiger partial charge >= 0.3 is 0 Å². The molecule has 23 heavy (non-hydrogen) atoms. The topological polar surface area (TPSA) is 54.9 Å². The van der Waals surface area contributed by atoms with Crippen molar-refractivity contribution in [2.24, 2.45) is 0 Å². The average Bonchev–Trinajstić information content (AvgIpc) is 3.42. The fourth-order valence-corrected chi connectivity index (χ4v) is 3.43. The van der Waals surface area contributed by atoms with E-state index in [1.807, 2.05) is 24.3 Å². The average molecular weight is 329 g/mol. The number of nitrogens with zero attached hydrogens (tertiary/aromatic N) is 2. The highest BCUT2D eigenvalue weighted by atomic mass is 32.2. The highest BCUT2D eigenvalue weighted by Crippen LogP contribution is 2.39. The fourth-order valence-electron chi connectivity index (χ4n) is 2.59. The molecule has 1 fully saturated rings. The van der Waals surface area contributed by atoms with Gasteiger partial charge in [0.2, 0.25) is 5.91 Å². The number of rotatable bonds is 7. The largest absolute Gasteiger partial charge is 0.353 e. The first-order valence-corrected chi connectivity index (χ1v) is 9.38. The third-order valence-corrected chi connectivity index (χ3v) is 5.21. The number of hydrogen-bond acceptors (Lipinski definition) is 4. The summed E-state index contributed by atoms with van der Waals surface area (Å²) in [5.41, 5.74) is 0.979. The molecule has 1 heterocycles. The van der Waals surface area contributed by atoms with Crippen LogP contribution in [0, 0.1) is 0 Å². The summed E-state index contributed by atoms with van der Waals surface area (Å²) in [6.07, 6.45) is 4.29. The molecule has 0 atom stereocenters. The van der Waals surface area contributed by atoms with Gasteiger partial charge in [0, 0.05) is 17.3 Å². The molecule has 1 aliphatic rings. The number of aromatic nitrogens is 2. The van der Waals surface area contributed by atoms with Gasteiger partial charge < -0.3 is 5.32 Å². The molecule has 0 unspecified atom stereocenters. The van der Waals surface area contributed by atoms with Gasteiger partial charge in [0.1, 0.15) is 10.9 Å². The van der Waals surface area contributed by atoms with Crippen molar-refractivity contribution in [1.29, 1.82) is 0 Å². The Labute approximate surface area is 141 Å². The van der Waals surface area contributed by atoms with Gasteiger partial charge in [-0.1, -0.05) is 43.8 Å². The van der Waals surface area contributed by atoms with Gasteiger partial charge in [0.15, 0.2) is 0 Å². The lowest BCUT2D eigenvalue weighted by atomic mass is 10.2. The second-order valence-electron chi connectivity index (χ2n) is 6.05. The smallest absolute Gasteiger partial charge is 0.230 e. The normalized spacial score (nSPS) is 14.4. The van der Waals surface area contributed by atoms with Crippen LogP contribution in [0.4, 0.5) is 0 Å². The Balaban J connectivity index is 1.75. The lowest BCUT2D eigenvalue weighted by molar-refractivity contribution is -0.119. The van der Waals surface area contributed by atoms with E-state index < -0.39 is 0 Å². The molecule has 1 amide bonds. The van der Waals surface area contributed by atoms with Crippen LogP contribution < -0.4 is 5.32 Å². The summed E-state index contributed by atoms with van der Waals surface area (Å²) in [6.45, 7) is 4.20. The highest BCUT2D eigenvalue weighted by molar-refractivity contribution is 8.00. The summed E-state index contributed by atoms with van der Waals surface area (Å²) < 4.78 is 0. The lowest BCUT2D eigenvalue weighted by Gasteiger charge is -2.14. The molecule has 2 aromatic rings.